The number of hydrogen-bond acceptors (Lipinski definition) is 8. The molecule has 0 bridgehead atoms. The molecular weight excluding hydrogens is 378 g/mol. The fourth-order valence-corrected chi connectivity index (χ4v) is 2.22. The van der Waals surface area contributed by atoms with E-state index in [1.807, 2.05) is 0 Å². The van der Waals surface area contributed by atoms with E-state index in [4.69, 9.17) is 0 Å². The normalized spacial score (nSPS) is 10.8. The molecule has 0 radical (unpaired) electrons. The second-order valence-corrected chi connectivity index (χ2v) is 7.57. The summed E-state index contributed by atoms with van der Waals surface area (Å²) in [5, 5.41) is 2.38. The Morgan fingerprint density at radius 2 is 1.30 bits per heavy atom. The van der Waals surface area contributed by atoms with E-state index in [2.05, 4.69) is 5.32 Å². The molecule has 1 amide bonds. The number of carbonyl (C=O) groups excluding carboxylic acids is 2. The summed E-state index contributed by atoms with van der Waals surface area (Å²) in [4.78, 5) is 20.6. The minimum atomic E-state index is -4.12. The van der Waals surface area contributed by atoms with Gasteiger partial charge in [-0.2, -0.15) is 0 Å². The van der Waals surface area contributed by atoms with Crippen LogP contribution in [0.2, 0.25) is 0 Å². The smallest absolute Gasteiger partial charge is 0.748 e. The molecule has 0 aliphatic carbocycles. The number of Topliss-reactive ketones (excluding diaryl/α,β-unsaturated/α-hetero) is 1. The van der Waals surface area contributed by atoms with Crippen molar-refractivity contribution in [2.45, 2.75) is 39.5 Å². The summed E-state index contributed by atoms with van der Waals surface area (Å²) in [6, 6.07) is 0. The zero-order chi connectivity index (χ0) is 17.8. The molecule has 0 atom stereocenters. The first-order valence-corrected chi connectivity index (χ1v) is 9.60. The molecular formula is C11H21CaNO8S2. The zero-order valence-electron chi connectivity index (χ0n) is 13.2. The summed E-state index contributed by atoms with van der Waals surface area (Å²) < 4.78 is 60.1. The molecule has 0 unspecified atom stereocenters. The van der Waals surface area contributed by atoms with Crippen LogP contribution in [0, 0.1) is 0 Å². The molecule has 23 heavy (non-hydrogen) atoms. The number of unbranched alkanes of at least 4 members (excludes halogenated alkanes) is 1. The molecule has 0 rings (SSSR count). The van der Waals surface area contributed by atoms with Crippen molar-refractivity contribution < 1.29 is 35.5 Å². The van der Waals surface area contributed by atoms with E-state index in [0.717, 1.165) is 0 Å². The summed E-state index contributed by atoms with van der Waals surface area (Å²) in [6.07, 6.45) is 1.29. The Hall–Kier alpha value is 0.220. The summed E-state index contributed by atoms with van der Waals surface area (Å²) in [5.41, 5.74) is 0. The largest absolute Gasteiger partial charge is 2.00 e. The van der Waals surface area contributed by atoms with Crippen LogP contribution in [-0.4, -0.2) is 93.4 Å². The van der Waals surface area contributed by atoms with E-state index in [-0.39, 0.29) is 74.6 Å². The Balaban J connectivity index is -0.000000333. The summed E-state index contributed by atoms with van der Waals surface area (Å²) in [7, 11) is -8.21. The van der Waals surface area contributed by atoms with Crippen LogP contribution in [0.4, 0.5) is 0 Å². The Labute approximate surface area is 167 Å². The first kappa shape index (κ1) is 28.0. The summed E-state index contributed by atoms with van der Waals surface area (Å²) in [5.74, 6) is -0.991. The Bertz CT molecular complexity index is 494. The molecule has 0 spiro atoms. The van der Waals surface area contributed by atoms with Gasteiger partial charge in [-0.25, -0.2) is 16.8 Å². The third-order valence-electron chi connectivity index (χ3n) is 2.12. The Morgan fingerprint density at radius 1 is 0.870 bits per heavy atom. The van der Waals surface area contributed by atoms with Crippen molar-refractivity contribution in [2.75, 3.05) is 18.1 Å². The van der Waals surface area contributed by atoms with Crippen molar-refractivity contribution in [3.63, 3.8) is 0 Å². The first-order chi connectivity index (χ1) is 9.83. The quantitative estimate of drug-likeness (QED) is 0.292. The van der Waals surface area contributed by atoms with Crippen LogP contribution in [0.3, 0.4) is 0 Å². The van der Waals surface area contributed by atoms with Gasteiger partial charge in [-0.1, -0.05) is 0 Å². The molecule has 0 saturated heterocycles. The van der Waals surface area contributed by atoms with Crippen LogP contribution in [-0.2, 0) is 29.8 Å². The molecule has 1 N–H and O–H groups in total. The molecule has 9 nitrogen and oxygen atoms in total. The van der Waals surface area contributed by atoms with Crippen LogP contribution in [0.15, 0.2) is 0 Å². The topological polar surface area (TPSA) is 161 Å². The van der Waals surface area contributed by atoms with E-state index < -0.39 is 26.0 Å². The molecule has 0 aliphatic heterocycles. The van der Waals surface area contributed by atoms with Crippen LogP contribution in [0.1, 0.15) is 39.5 Å². The van der Waals surface area contributed by atoms with Gasteiger partial charge in [0.25, 0.3) is 0 Å². The van der Waals surface area contributed by atoms with E-state index in [1.54, 1.807) is 0 Å². The third-order valence-corrected chi connectivity index (χ3v) is 3.70. The average molecular weight is 400 g/mol. The van der Waals surface area contributed by atoms with Crippen LogP contribution >= 0.6 is 0 Å². The van der Waals surface area contributed by atoms with Gasteiger partial charge in [-0.05, 0) is 26.2 Å². The van der Waals surface area contributed by atoms with Gasteiger partial charge in [0.1, 0.15) is 5.78 Å². The van der Waals surface area contributed by atoms with Crippen LogP contribution in [0.5, 0.6) is 0 Å². The molecule has 0 heterocycles. The minimum Gasteiger partial charge on any atom is -0.748 e. The Morgan fingerprint density at radius 3 is 1.65 bits per heavy atom. The molecule has 0 aromatic heterocycles. The number of rotatable bonds is 9. The number of carbonyl (C=O) groups is 2. The predicted octanol–water partition coefficient (Wildman–Crippen LogP) is -1.03. The SMILES string of the molecule is CC(=O)CCCCS(=O)(=O)[O-].CC(=O)NCCCS(=O)(=O)[O-].[Ca+2]. The molecule has 0 saturated carbocycles. The summed E-state index contributed by atoms with van der Waals surface area (Å²) >= 11 is 0. The van der Waals surface area contributed by atoms with E-state index in [0.29, 0.717) is 12.8 Å². The molecule has 0 aromatic rings. The number of nitrogens with one attached hydrogen (secondary N) is 1. The van der Waals surface area contributed by atoms with Gasteiger partial charge in [0.15, 0.2) is 0 Å². The maximum atomic E-state index is 10.3. The summed E-state index contributed by atoms with van der Waals surface area (Å²) in [6.45, 7) is 2.99. The molecule has 0 aromatic carbocycles. The van der Waals surface area contributed by atoms with Crippen molar-refractivity contribution in [3.8, 4) is 0 Å². The third kappa shape index (κ3) is 34.5. The van der Waals surface area contributed by atoms with Crippen molar-refractivity contribution >= 4 is 69.7 Å². The molecule has 12 heteroatoms. The van der Waals surface area contributed by atoms with Crippen LogP contribution in [0.25, 0.3) is 0 Å². The van der Waals surface area contributed by atoms with Gasteiger partial charge >= 0.3 is 37.7 Å². The van der Waals surface area contributed by atoms with Gasteiger partial charge in [0, 0.05) is 31.4 Å². The van der Waals surface area contributed by atoms with Crippen LogP contribution < -0.4 is 5.32 Å². The Kier molecular flexibility index (Phi) is 17.7. The van der Waals surface area contributed by atoms with Gasteiger partial charge in [-0.15, -0.1) is 0 Å². The van der Waals surface area contributed by atoms with Crippen molar-refractivity contribution in [2.24, 2.45) is 0 Å². The minimum absolute atomic E-state index is 0. The number of amides is 1. The van der Waals surface area contributed by atoms with Crippen molar-refractivity contribution in [1.29, 1.82) is 0 Å². The second-order valence-electron chi connectivity index (χ2n) is 4.52. The van der Waals surface area contributed by atoms with Gasteiger partial charge in [0.2, 0.25) is 5.91 Å². The van der Waals surface area contributed by atoms with E-state index >= 15 is 0 Å². The number of hydrogen-bond donors (Lipinski definition) is 1. The number of ketones is 1. The monoisotopic (exact) mass is 399 g/mol. The average Bonchev–Trinajstić information content (AvgIpc) is 2.28. The molecule has 132 valence electrons. The predicted molar refractivity (Wildman–Crippen MR) is 82.7 cm³/mol. The maximum Gasteiger partial charge on any atom is 2.00 e. The standard InChI is InChI=1S/C6H12O4S.C5H11NO4S.Ca/c1-6(7)4-2-3-5-11(8,9)10;1-5(7)6-3-2-4-11(8,9)10;/h2-5H2,1H3,(H,8,9,10);2-4H2,1H3,(H,6,7)(H,8,9,10);/q;;+2/p-2. The van der Waals surface area contributed by atoms with Gasteiger partial charge in [0.05, 0.1) is 20.2 Å². The second kappa shape index (κ2) is 14.6. The first-order valence-electron chi connectivity index (χ1n) is 6.44. The van der Waals surface area contributed by atoms with Gasteiger partial charge in [-0.3, -0.25) is 4.79 Å². The van der Waals surface area contributed by atoms with Crippen molar-refractivity contribution in [1.82, 2.24) is 5.32 Å². The maximum absolute atomic E-state index is 10.3. The zero-order valence-corrected chi connectivity index (χ0v) is 17.1. The fraction of sp³-hybridized carbons (Fsp3) is 0.818. The van der Waals surface area contributed by atoms with E-state index in [1.165, 1.54) is 13.8 Å². The molecule has 0 fully saturated rings. The fourth-order valence-electron chi connectivity index (χ4n) is 1.17. The molecule has 0 aliphatic rings. The van der Waals surface area contributed by atoms with E-state index in [9.17, 15) is 35.5 Å². The van der Waals surface area contributed by atoms with Gasteiger partial charge < -0.3 is 19.2 Å². The van der Waals surface area contributed by atoms with Crippen molar-refractivity contribution in [3.05, 3.63) is 0 Å².